The minimum atomic E-state index is -1.91. The maximum absolute atomic E-state index is 10.4. The van der Waals surface area contributed by atoms with Crippen LogP contribution in [0.15, 0.2) is 36.4 Å². The van der Waals surface area contributed by atoms with E-state index in [0.29, 0.717) is 0 Å². The van der Waals surface area contributed by atoms with Gasteiger partial charge < -0.3 is 14.3 Å². The molecule has 0 aliphatic carbocycles. The zero-order valence-corrected chi connectivity index (χ0v) is 16.3. The Morgan fingerprint density at radius 1 is 1.04 bits per heavy atom. The number of aryl methyl sites for hydroxylation is 1. The minimum Gasteiger partial charge on any atom is -0.543 e. The molecule has 0 saturated heterocycles. The molecular weight excluding hydrogens is 316 g/mol. The molecule has 0 bridgehead atoms. The molecule has 0 saturated carbocycles. The first-order valence-corrected chi connectivity index (χ1v) is 11.3. The van der Waals surface area contributed by atoms with Gasteiger partial charge in [-0.2, -0.15) is 0 Å². The van der Waals surface area contributed by atoms with E-state index in [1.807, 2.05) is 37.3 Å². The van der Waals surface area contributed by atoms with Crippen LogP contribution in [0.25, 0.3) is 11.1 Å². The summed E-state index contributed by atoms with van der Waals surface area (Å²) in [6.07, 6.45) is -0.961. The molecule has 0 spiro atoms. The van der Waals surface area contributed by atoms with E-state index in [1.54, 1.807) is 0 Å². The Morgan fingerprint density at radius 2 is 1.71 bits per heavy atom. The molecule has 1 atom stereocenters. The Kier molecular flexibility index (Phi) is 4.01. The molecule has 0 aromatic heterocycles. The first-order chi connectivity index (χ1) is 11.1. The predicted octanol–water partition coefficient (Wildman–Crippen LogP) is 5.43. The Labute approximate surface area is 145 Å². The summed E-state index contributed by atoms with van der Waals surface area (Å²) in [7, 11) is -1.91. The maximum atomic E-state index is 10.4. The van der Waals surface area contributed by atoms with Crippen molar-refractivity contribution in [3.8, 4) is 22.6 Å². The van der Waals surface area contributed by atoms with Crippen molar-refractivity contribution in [3.05, 3.63) is 47.5 Å². The molecule has 1 heterocycles. The predicted molar refractivity (Wildman–Crippen MR) is 100 cm³/mol. The zero-order valence-electron chi connectivity index (χ0n) is 15.3. The van der Waals surface area contributed by atoms with Crippen LogP contribution in [0, 0.1) is 6.92 Å². The van der Waals surface area contributed by atoms with E-state index < -0.39 is 14.6 Å². The van der Waals surface area contributed by atoms with E-state index >= 15 is 0 Å². The second kappa shape index (κ2) is 5.64. The van der Waals surface area contributed by atoms with Crippen molar-refractivity contribution >= 4 is 8.32 Å². The quantitative estimate of drug-likeness (QED) is 0.740. The molecule has 4 heteroatoms. The molecular formula is C20H26O3Si. The van der Waals surface area contributed by atoms with Gasteiger partial charge in [-0.25, -0.2) is 0 Å². The monoisotopic (exact) mass is 342 g/mol. The first kappa shape index (κ1) is 17.1. The average Bonchev–Trinajstić information content (AvgIpc) is 2.45. The SMILES string of the molecule is Cc1ccc2c(c1)OC(O)c1cc(O[Si](C)(C)C(C)(C)C)ccc1-2. The van der Waals surface area contributed by atoms with Crippen molar-refractivity contribution in [3.63, 3.8) is 0 Å². The fourth-order valence-electron chi connectivity index (χ4n) is 2.63. The lowest BCUT2D eigenvalue weighted by atomic mass is 9.95. The molecule has 0 amide bonds. The van der Waals surface area contributed by atoms with Gasteiger partial charge in [0.1, 0.15) is 11.5 Å². The van der Waals surface area contributed by atoms with E-state index in [-0.39, 0.29) is 5.04 Å². The van der Waals surface area contributed by atoms with Crippen molar-refractivity contribution in [1.29, 1.82) is 0 Å². The lowest BCUT2D eigenvalue weighted by molar-refractivity contribution is -0.0214. The highest BCUT2D eigenvalue weighted by Crippen LogP contribution is 2.44. The van der Waals surface area contributed by atoms with E-state index in [4.69, 9.17) is 9.16 Å². The topological polar surface area (TPSA) is 38.7 Å². The third-order valence-corrected chi connectivity index (χ3v) is 9.49. The fourth-order valence-corrected chi connectivity index (χ4v) is 3.66. The van der Waals surface area contributed by atoms with Crippen molar-refractivity contribution in [1.82, 2.24) is 0 Å². The molecule has 2 aromatic rings. The number of rotatable bonds is 2. The number of ether oxygens (including phenoxy) is 1. The number of fused-ring (bicyclic) bond motifs is 3. The number of hydrogen-bond donors (Lipinski definition) is 1. The highest BCUT2D eigenvalue weighted by molar-refractivity contribution is 6.74. The van der Waals surface area contributed by atoms with Gasteiger partial charge in [0, 0.05) is 11.1 Å². The number of aliphatic hydroxyl groups is 1. The van der Waals surface area contributed by atoms with Crippen LogP contribution in [-0.4, -0.2) is 13.4 Å². The first-order valence-electron chi connectivity index (χ1n) is 8.37. The standard InChI is InChI=1S/C20H26O3Si/c1-13-7-9-16-15-10-8-14(23-24(5,6)20(2,3)4)12-17(15)19(21)22-18(16)11-13/h7-12,19,21H,1-6H3. The molecule has 2 aromatic carbocycles. The molecule has 3 nitrogen and oxygen atoms in total. The summed E-state index contributed by atoms with van der Waals surface area (Å²) < 4.78 is 12.1. The largest absolute Gasteiger partial charge is 0.543 e. The van der Waals surface area contributed by atoms with Crippen LogP contribution >= 0.6 is 0 Å². The summed E-state index contributed by atoms with van der Waals surface area (Å²) in [6, 6.07) is 12.0. The Balaban J connectivity index is 2.00. The van der Waals surface area contributed by atoms with Crippen LogP contribution in [0.2, 0.25) is 18.1 Å². The van der Waals surface area contributed by atoms with Gasteiger partial charge >= 0.3 is 0 Å². The lowest BCUT2D eigenvalue weighted by Crippen LogP contribution is -2.43. The summed E-state index contributed by atoms with van der Waals surface area (Å²) in [5, 5.41) is 10.5. The minimum absolute atomic E-state index is 0.127. The van der Waals surface area contributed by atoms with Gasteiger partial charge in [0.05, 0.1) is 0 Å². The number of aliphatic hydroxyl groups excluding tert-OH is 1. The summed E-state index contributed by atoms with van der Waals surface area (Å²) in [4.78, 5) is 0. The summed E-state index contributed by atoms with van der Waals surface area (Å²) in [5.74, 6) is 1.53. The Morgan fingerprint density at radius 3 is 2.38 bits per heavy atom. The van der Waals surface area contributed by atoms with Crippen molar-refractivity contribution in [2.45, 2.75) is 52.1 Å². The van der Waals surface area contributed by atoms with Crippen LogP contribution in [0.5, 0.6) is 11.5 Å². The summed E-state index contributed by atoms with van der Waals surface area (Å²) in [5.41, 5.74) is 3.90. The highest BCUT2D eigenvalue weighted by atomic mass is 28.4. The third-order valence-electron chi connectivity index (χ3n) is 5.13. The molecule has 3 rings (SSSR count). The fraction of sp³-hybridized carbons (Fsp3) is 0.400. The average molecular weight is 343 g/mol. The molecule has 1 aliphatic heterocycles. The molecule has 0 fully saturated rings. The lowest BCUT2D eigenvalue weighted by Gasteiger charge is -2.37. The van der Waals surface area contributed by atoms with Gasteiger partial charge in [0.2, 0.25) is 14.6 Å². The van der Waals surface area contributed by atoms with E-state index in [0.717, 1.165) is 33.8 Å². The molecule has 1 unspecified atom stereocenters. The Hall–Kier alpha value is -1.78. The number of benzene rings is 2. The van der Waals surface area contributed by atoms with Crippen LogP contribution in [-0.2, 0) is 0 Å². The molecule has 24 heavy (non-hydrogen) atoms. The molecule has 1 aliphatic rings. The van der Waals surface area contributed by atoms with Crippen LogP contribution in [0.4, 0.5) is 0 Å². The van der Waals surface area contributed by atoms with Crippen molar-refractivity contribution in [2.75, 3.05) is 0 Å². The van der Waals surface area contributed by atoms with Gasteiger partial charge in [-0.05, 0) is 54.4 Å². The van der Waals surface area contributed by atoms with Crippen LogP contribution < -0.4 is 9.16 Å². The van der Waals surface area contributed by atoms with Crippen LogP contribution in [0.1, 0.15) is 38.2 Å². The molecule has 128 valence electrons. The van der Waals surface area contributed by atoms with E-state index in [9.17, 15) is 5.11 Å². The second-order valence-electron chi connectivity index (χ2n) is 8.08. The molecule has 1 N–H and O–H groups in total. The normalized spacial score (nSPS) is 16.9. The summed E-state index contributed by atoms with van der Waals surface area (Å²) >= 11 is 0. The van der Waals surface area contributed by atoms with Gasteiger partial charge in [0.15, 0.2) is 0 Å². The molecule has 0 radical (unpaired) electrons. The van der Waals surface area contributed by atoms with Crippen molar-refractivity contribution < 1.29 is 14.3 Å². The zero-order chi connectivity index (χ0) is 17.7. The Bertz CT molecular complexity index is 775. The highest BCUT2D eigenvalue weighted by Gasteiger charge is 2.39. The third kappa shape index (κ3) is 2.96. The van der Waals surface area contributed by atoms with Gasteiger partial charge in [0.25, 0.3) is 0 Å². The van der Waals surface area contributed by atoms with E-state index in [1.165, 1.54) is 0 Å². The maximum Gasteiger partial charge on any atom is 0.250 e. The second-order valence-corrected chi connectivity index (χ2v) is 12.8. The number of hydrogen-bond acceptors (Lipinski definition) is 3. The van der Waals surface area contributed by atoms with Crippen LogP contribution in [0.3, 0.4) is 0 Å². The smallest absolute Gasteiger partial charge is 0.250 e. The van der Waals surface area contributed by atoms with Gasteiger partial charge in [-0.1, -0.05) is 39.0 Å². The van der Waals surface area contributed by atoms with Gasteiger partial charge in [-0.3, -0.25) is 0 Å². The summed E-state index contributed by atoms with van der Waals surface area (Å²) in [6.45, 7) is 13.1. The van der Waals surface area contributed by atoms with E-state index in [2.05, 4.69) is 39.9 Å². The van der Waals surface area contributed by atoms with Crippen molar-refractivity contribution in [2.24, 2.45) is 0 Å². The van der Waals surface area contributed by atoms with Gasteiger partial charge in [-0.15, -0.1) is 0 Å².